The number of benzene rings is 1. The summed E-state index contributed by atoms with van der Waals surface area (Å²) in [6.07, 6.45) is -1.88. The van der Waals surface area contributed by atoms with Crippen molar-refractivity contribution < 1.29 is 43.8 Å². The predicted molar refractivity (Wildman–Crippen MR) is 195 cm³/mol. The lowest BCUT2D eigenvalue weighted by molar-refractivity contribution is -0.143. The number of hydrogen-bond donors (Lipinski definition) is 11. The van der Waals surface area contributed by atoms with Gasteiger partial charge in [0.25, 0.3) is 5.91 Å². The number of aliphatic hydroxyl groups is 1. The summed E-state index contributed by atoms with van der Waals surface area (Å²) in [4.78, 5) is 93.9. The standard InChI is InChI=1S/C34H56N10O9/c1-18(2)13-22(29(48)40-21(11-8-12-39-34(37)38)28(47)44-25(33(52)53)16-27(36)46)41-30(49)23(14-19(3)4)42-31(50)24(43-32(51)26(45)17-35)15-20-9-6-5-7-10-20/h5-7,9-10,18-19,21-26,45H,8,11-17,35H2,1-4H3,(H2,36,46)(H,40,48)(H,41,49)(H,42,50)(H,43,51)(H,44,47)(H,52,53)(H4,37,38,39)/t21-,22-,23-,24-,25-,26+/m0/s1. The minimum Gasteiger partial charge on any atom is -0.480 e. The van der Waals surface area contributed by atoms with Gasteiger partial charge in [0.1, 0.15) is 36.3 Å². The summed E-state index contributed by atoms with van der Waals surface area (Å²) in [6, 6.07) is 2.16. The highest BCUT2D eigenvalue weighted by molar-refractivity contribution is 5.96. The van der Waals surface area contributed by atoms with Crippen molar-refractivity contribution >= 4 is 47.4 Å². The number of hydrogen-bond acceptors (Lipinski definition) is 10. The van der Waals surface area contributed by atoms with E-state index in [1.165, 1.54) is 0 Å². The largest absolute Gasteiger partial charge is 0.480 e. The maximum absolute atomic E-state index is 13.8. The van der Waals surface area contributed by atoms with Gasteiger partial charge < -0.3 is 59.7 Å². The van der Waals surface area contributed by atoms with Crippen LogP contribution < -0.4 is 49.5 Å². The van der Waals surface area contributed by atoms with Crippen LogP contribution in [0.15, 0.2) is 35.3 Å². The maximum Gasteiger partial charge on any atom is 0.326 e. The Morgan fingerprint density at radius 1 is 0.679 bits per heavy atom. The zero-order chi connectivity index (χ0) is 40.2. The first kappa shape index (κ1) is 45.7. The number of primary amides is 1. The maximum atomic E-state index is 13.8. The number of guanidine groups is 1. The van der Waals surface area contributed by atoms with E-state index in [1.54, 1.807) is 44.2 Å². The lowest BCUT2D eigenvalue weighted by Gasteiger charge is -2.28. The number of aliphatic carboxylic acids is 1. The molecule has 0 aromatic heterocycles. The van der Waals surface area contributed by atoms with E-state index in [-0.39, 0.29) is 63.0 Å². The van der Waals surface area contributed by atoms with Crippen molar-refractivity contribution in [1.82, 2.24) is 26.6 Å². The zero-order valence-corrected chi connectivity index (χ0v) is 30.7. The molecule has 19 heteroatoms. The first-order valence-electron chi connectivity index (χ1n) is 17.3. The number of amides is 6. The topological polar surface area (TPSA) is 337 Å². The van der Waals surface area contributed by atoms with Gasteiger partial charge in [-0.3, -0.25) is 33.8 Å². The van der Waals surface area contributed by atoms with Crippen molar-refractivity contribution in [1.29, 1.82) is 0 Å². The Morgan fingerprint density at radius 3 is 1.58 bits per heavy atom. The monoisotopic (exact) mass is 748 g/mol. The Balaban J connectivity index is 3.33. The van der Waals surface area contributed by atoms with Gasteiger partial charge in [0.15, 0.2) is 5.96 Å². The summed E-state index contributed by atoms with van der Waals surface area (Å²) in [5.74, 6) is -6.99. The first-order valence-corrected chi connectivity index (χ1v) is 17.3. The fraction of sp³-hybridized carbons (Fsp3) is 0.588. The predicted octanol–water partition coefficient (Wildman–Crippen LogP) is -2.92. The van der Waals surface area contributed by atoms with Gasteiger partial charge in [-0.05, 0) is 43.1 Å². The third-order valence-corrected chi connectivity index (χ3v) is 7.72. The normalized spacial score (nSPS) is 14.4. The Morgan fingerprint density at radius 2 is 1.13 bits per heavy atom. The van der Waals surface area contributed by atoms with Gasteiger partial charge in [0.05, 0.1) is 6.42 Å². The minimum atomic E-state index is -1.67. The average Bonchev–Trinajstić information content (AvgIpc) is 3.07. The lowest BCUT2D eigenvalue weighted by Crippen LogP contribution is -2.59. The highest BCUT2D eigenvalue weighted by Crippen LogP contribution is 2.12. The van der Waals surface area contributed by atoms with E-state index < -0.39 is 84.1 Å². The van der Waals surface area contributed by atoms with Gasteiger partial charge in [0, 0.05) is 19.5 Å². The van der Waals surface area contributed by atoms with Crippen molar-refractivity contribution in [2.75, 3.05) is 13.1 Å². The van der Waals surface area contributed by atoms with E-state index >= 15 is 0 Å². The molecule has 19 nitrogen and oxygen atoms in total. The number of nitrogens with two attached hydrogens (primary N) is 4. The number of rotatable bonds is 24. The quantitative estimate of drug-likeness (QED) is 0.0288. The number of nitrogens with zero attached hydrogens (tertiary/aromatic N) is 1. The third kappa shape index (κ3) is 18.2. The molecular weight excluding hydrogens is 692 g/mol. The zero-order valence-electron chi connectivity index (χ0n) is 30.7. The van der Waals surface area contributed by atoms with E-state index in [2.05, 4.69) is 31.6 Å². The van der Waals surface area contributed by atoms with Gasteiger partial charge in [-0.1, -0.05) is 58.0 Å². The average molecular weight is 749 g/mol. The minimum absolute atomic E-state index is 0.0267. The van der Waals surface area contributed by atoms with E-state index in [0.717, 1.165) is 0 Å². The molecule has 1 rings (SSSR count). The van der Waals surface area contributed by atoms with Crippen LogP contribution in [0.5, 0.6) is 0 Å². The Kier molecular flexibility index (Phi) is 20.1. The number of aliphatic hydroxyl groups excluding tert-OH is 1. The molecule has 1 aromatic rings. The molecule has 0 saturated heterocycles. The van der Waals surface area contributed by atoms with Gasteiger partial charge in [-0.2, -0.15) is 0 Å². The molecule has 0 aliphatic heterocycles. The Bertz CT molecular complexity index is 1420. The Hall–Kier alpha value is -5.30. The van der Waals surface area contributed by atoms with Crippen LogP contribution >= 0.6 is 0 Å². The van der Waals surface area contributed by atoms with Crippen LogP contribution in [0.3, 0.4) is 0 Å². The highest BCUT2D eigenvalue weighted by atomic mass is 16.4. The molecule has 53 heavy (non-hydrogen) atoms. The molecule has 0 aliphatic rings. The fourth-order valence-electron chi connectivity index (χ4n) is 5.10. The van der Waals surface area contributed by atoms with Gasteiger partial charge in [-0.15, -0.1) is 0 Å². The molecule has 0 unspecified atom stereocenters. The summed E-state index contributed by atoms with van der Waals surface area (Å²) < 4.78 is 0. The number of nitrogens with one attached hydrogen (secondary N) is 5. The van der Waals surface area contributed by atoms with Crippen LogP contribution in [0.25, 0.3) is 0 Å². The molecule has 1 aromatic carbocycles. The summed E-state index contributed by atoms with van der Waals surface area (Å²) in [5.41, 5.74) is 22.0. The van der Waals surface area contributed by atoms with Crippen LogP contribution in [0.4, 0.5) is 0 Å². The summed E-state index contributed by atoms with van der Waals surface area (Å²) in [5, 5.41) is 32.1. The molecule has 0 fully saturated rings. The second kappa shape index (κ2) is 23.3. The second-order valence-electron chi connectivity index (χ2n) is 13.5. The second-order valence-corrected chi connectivity index (χ2v) is 13.5. The molecule has 0 spiro atoms. The molecule has 296 valence electrons. The van der Waals surface area contributed by atoms with Crippen LogP contribution in [0.1, 0.15) is 65.4 Å². The summed E-state index contributed by atoms with van der Waals surface area (Å²) >= 11 is 0. The fourth-order valence-corrected chi connectivity index (χ4v) is 5.10. The number of carbonyl (C=O) groups excluding carboxylic acids is 6. The molecule has 0 radical (unpaired) electrons. The lowest BCUT2D eigenvalue weighted by atomic mass is 9.98. The van der Waals surface area contributed by atoms with E-state index in [9.17, 15) is 43.8 Å². The molecule has 0 bridgehead atoms. The SMILES string of the molecule is CC(C)C[C@H](NC(=O)[C@H](Cc1ccccc1)NC(=O)[C@H](O)CN)C(=O)N[C@@H](CC(C)C)C(=O)N[C@@H](CCCN=C(N)N)C(=O)N[C@@H](CC(N)=O)C(=O)O. The third-order valence-electron chi connectivity index (χ3n) is 7.72. The number of carboxylic acid groups (broad SMARTS) is 1. The summed E-state index contributed by atoms with van der Waals surface area (Å²) in [6.45, 7) is 6.93. The van der Waals surface area contributed by atoms with Crippen molar-refractivity contribution in [2.24, 2.45) is 39.8 Å². The van der Waals surface area contributed by atoms with Crippen molar-refractivity contribution in [3.63, 3.8) is 0 Å². The molecule has 0 saturated carbocycles. The van der Waals surface area contributed by atoms with Gasteiger partial charge >= 0.3 is 5.97 Å². The smallest absolute Gasteiger partial charge is 0.326 e. The number of aliphatic imine (C=N–C) groups is 1. The van der Waals surface area contributed by atoms with Crippen LogP contribution in [-0.4, -0.2) is 107 Å². The van der Waals surface area contributed by atoms with E-state index in [0.29, 0.717) is 5.56 Å². The van der Waals surface area contributed by atoms with Gasteiger partial charge in [0.2, 0.25) is 29.5 Å². The Labute approximate surface area is 308 Å². The van der Waals surface area contributed by atoms with Crippen LogP contribution in [0.2, 0.25) is 0 Å². The van der Waals surface area contributed by atoms with Crippen molar-refractivity contribution in [2.45, 2.75) is 103 Å². The van der Waals surface area contributed by atoms with Crippen LogP contribution in [0, 0.1) is 11.8 Å². The first-order chi connectivity index (χ1) is 24.8. The van der Waals surface area contributed by atoms with Crippen molar-refractivity contribution in [3.8, 4) is 0 Å². The highest BCUT2D eigenvalue weighted by Gasteiger charge is 2.33. The van der Waals surface area contributed by atoms with Crippen molar-refractivity contribution in [3.05, 3.63) is 35.9 Å². The number of carboxylic acids is 1. The molecular formula is C34H56N10O9. The van der Waals surface area contributed by atoms with Gasteiger partial charge in [-0.25, -0.2) is 4.79 Å². The molecule has 0 heterocycles. The van der Waals surface area contributed by atoms with Crippen LogP contribution in [-0.2, 0) is 40.0 Å². The molecule has 6 atom stereocenters. The summed E-state index contributed by atoms with van der Waals surface area (Å²) in [7, 11) is 0. The van der Waals surface area contributed by atoms with E-state index in [1.807, 2.05) is 13.8 Å². The molecule has 6 amide bonds. The molecule has 0 aliphatic carbocycles. The molecule has 15 N–H and O–H groups in total. The van der Waals surface area contributed by atoms with E-state index in [4.69, 9.17) is 22.9 Å². The number of carbonyl (C=O) groups is 7.